The Balaban J connectivity index is 0.000000161. The van der Waals surface area contributed by atoms with E-state index in [1.807, 2.05) is 0 Å². The number of carbonyl (C=O) groups is 2. The molecule has 0 fully saturated rings. The Kier molecular flexibility index (Phi) is 5.13. The Bertz CT molecular complexity index is 1100. The molecule has 4 N–H and O–H groups in total. The Labute approximate surface area is 159 Å². The summed E-state index contributed by atoms with van der Waals surface area (Å²) in [5, 5.41) is 39.1. The molecule has 138 valence electrons. The molecule has 4 aromatic rings. The van der Waals surface area contributed by atoms with Crippen molar-refractivity contribution in [2.24, 2.45) is 0 Å². The van der Waals surface area contributed by atoms with Crippen LogP contribution in [0.3, 0.4) is 0 Å². The fourth-order valence-corrected chi connectivity index (χ4v) is 2.64. The quantitative estimate of drug-likeness (QED) is 0.420. The summed E-state index contributed by atoms with van der Waals surface area (Å²) in [7, 11) is 0. The Morgan fingerprint density at radius 2 is 1.00 bits per heavy atom. The van der Waals surface area contributed by atoms with E-state index < -0.39 is 11.9 Å². The van der Waals surface area contributed by atoms with Crippen LogP contribution in [0.4, 0.5) is 0 Å². The maximum atomic E-state index is 10.7. The molecule has 6 heteroatoms. The normalized spacial score (nSPS) is 10.3. The van der Waals surface area contributed by atoms with E-state index in [4.69, 9.17) is 10.2 Å². The molecule has 6 nitrogen and oxygen atoms in total. The molecule has 0 saturated heterocycles. The van der Waals surface area contributed by atoms with E-state index in [0.717, 1.165) is 10.8 Å². The Morgan fingerprint density at radius 1 is 0.643 bits per heavy atom. The molecule has 2 radical (unpaired) electrons. The van der Waals surface area contributed by atoms with Crippen molar-refractivity contribution in [3.05, 3.63) is 83.9 Å². The van der Waals surface area contributed by atoms with E-state index in [-0.39, 0.29) is 22.6 Å². The molecule has 0 aromatic heterocycles. The molecule has 0 atom stereocenters. The second-order valence-electron chi connectivity index (χ2n) is 5.85. The molecular formula is C22H14O6. The lowest BCUT2D eigenvalue weighted by Gasteiger charge is -2.01. The average molecular weight is 374 g/mol. The minimum absolute atomic E-state index is 0.122. The van der Waals surface area contributed by atoms with Crippen molar-refractivity contribution in [2.45, 2.75) is 0 Å². The number of rotatable bonds is 2. The van der Waals surface area contributed by atoms with E-state index in [1.165, 1.54) is 12.1 Å². The van der Waals surface area contributed by atoms with Gasteiger partial charge in [-0.15, -0.1) is 0 Å². The second-order valence-corrected chi connectivity index (χ2v) is 5.85. The molecule has 0 amide bonds. The van der Waals surface area contributed by atoms with E-state index >= 15 is 0 Å². The first kappa shape index (κ1) is 18.7. The van der Waals surface area contributed by atoms with Crippen molar-refractivity contribution in [3.8, 4) is 11.5 Å². The lowest BCUT2D eigenvalue weighted by Crippen LogP contribution is -1.96. The molecule has 0 aliphatic carbocycles. The molecule has 0 heterocycles. The standard InChI is InChI=1S/2C11H7O3/c2*12-10-6-8-4-2-1-3-7(8)5-9(10)11(13)14/h2*1-5,12H,(H,13,14). The van der Waals surface area contributed by atoms with Crippen LogP contribution >= 0.6 is 0 Å². The predicted octanol–water partition coefficient (Wildman–Crippen LogP) is 4.09. The average Bonchev–Trinajstić information content (AvgIpc) is 2.67. The maximum Gasteiger partial charge on any atom is 0.339 e. The highest BCUT2D eigenvalue weighted by Crippen LogP contribution is 2.24. The third-order valence-electron chi connectivity index (χ3n) is 4.00. The topological polar surface area (TPSA) is 115 Å². The Hall–Kier alpha value is -4.06. The van der Waals surface area contributed by atoms with Gasteiger partial charge in [-0.1, -0.05) is 48.5 Å². The third kappa shape index (κ3) is 3.86. The van der Waals surface area contributed by atoms with Gasteiger partial charge in [0.1, 0.15) is 22.6 Å². The molecule has 0 aliphatic rings. The molecule has 0 bridgehead atoms. The monoisotopic (exact) mass is 374 g/mol. The smallest absolute Gasteiger partial charge is 0.339 e. The third-order valence-corrected chi connectivity index (χ3v) is 4.00. The number of hydrogen-bond acceptors (Lipinski definition) is 4. The largest absolute Gasteiger partial charge is 0.506 e. The molecular weight excluding hydrogens is 360 g/mol. The highest BCUT2D eigenvalue weighted by Gasteiger charge is 2.11. The summed E-state index contributed by atoms with van der Waals surface area (Å²) in [4.78, 5) is 21.4. The van der Waals surface area contributed by atoms with E-state index in [0.29, 0.717) is 10.8 Å². The van der Waals surface area contributed by atoms with Crippen molar-refractivity contribution in [1.82, 2.24) is 0 Å². The SMILES string of the molecule is O=C(O)c1cc2ccccc2[c]c1O.O=C(O)c1cc2ccccc2[c]c1O. The fraction of sp³-hybridized carbons (Fsp3) is 0. The van der Waals surface area contributed by atoms with Crippen LogP contribution in [0.15, 0.2) is 60.7 Å². The van der Waals surface area contributed by atoms with Gasteiger partial charge in [-0.3, -0.25) is 0 Å². The summed E-state index contributed by atoms with van der Waals surface area (Å²) in [5.41, 5.74) is -0.243. The first-order valence-electron chi connectivity index (χ1n) is 8.11. The summed E-state index contributed by atoms with van der Waals surface area (Å²) < 4.78 is 0. The van der Waals surface area contributed by atoms with Gasteiger partial charge in [0.25, 0.3) is 0 Å². The zero-order valence-corrected chi connectivity index (χ0v) is 14.4. The minimum Gasteiger partial charge on any atom is -0.506 e. The predicted molar refractivity (Wildman–Crippen MR) is 103 cm³/mol. The van der Waals surface area contributed by atoms with Gasteiger partial charge in [-0.2, -0.15) is 0 Å². The van der Waals surface area contributed by atoms with Gasteiger partial charge in [-0.25, -0.2) is 9.59 Å². The number of aromatic carboxylic acids is 2. The first-order chi connectivity index (χ1) is 13.4. The van der Waals surface area contributed by atoms with Gasteiger partial charge in [0.05, 0.1) is 0 Å². The highest BCUT2D eigenvalue weighted by molar-refractivity contribution is 5.98. The molecule has 0 spiro atoms. The molecule has 4 rings (SSSR count). The number of carboxylic acids is 2. The van der Waals surface area contributed by atoms with Gasteiger partial charge in [0, 0.05) is 12.1 Å². The van der Waals surface area contributed by atoms with Crippen molar-refractivity contribution in [1.29, 1.82) is 0 Å². The lowest BCUT2D eigenvalue weighted by molar-refractivity contribution is 0.0682. The summed E-state index contributed by atoms with van der Waals surface area (Å²) in [6.07, 6.45) is 0. The number of carboxylic acid groups (broad SMARTS) is 2. The number of fused-ring (bicyclic) bond motifs is 2. The van der Waals surface area contributed by atoms with Crippen molar-refractivity contribution < 1.29 is 30.0 Å². The fourth-order valence-electron chi connectivity index (χ4n) is 2.64. The van der Waals surface area contributed by atoms with Crippen LogP contribution in [-0.4, -0.2) is 32.4 Å². The van der Waals surface area contributed by atoms with Gasteiger partial charge >= 0.3 is 11.9 Å². The van der Waals surface area contributed by atoms with E-state index in [2.05, 4.69) is 12.1 Å². The van der Waals surface area contributed by atoms with E-state index in [1.54, 1.807) is 48.5 Å². The number of hydrogen-bond donors (Lipinski definition) is 4. The minimum atomic E-state index is -1.15. The van der Waals surface area contributed by atoms with Crippen LogP contribution in [0.5, 0.6) is 11.5 Å². The van der Waals surface area contributed by atoms with Crippen LogP contribution in [0, 0.1) is 12.1 Å². The summed E-state index contributed by atoms with van der Waals surface area (Å²) >= 11 is 0. The van der Waals surface area contributed by atoms with Crippen molar-refractivity contribution >= 4 is 33.5 Å². The van der Waals surface area contributed by atoms with Gasteiger partial charge < -0.3 is 20.4 Å². The summed E-state index contributed by atoms with van der Waals surface area (Å²) in [6.45, 7) is 0. The number of phenols is 2. The Morgan fingerprint density at radius 3 is 1.36 bits per heavy atom. The summed E-state index contributed by atoms with van der Waals surface area (Å²) in [6, 6.07) is 22.4. The highest BCUT2D eigenvalue weighted by atomic mass is 16.4. The molecule has 28 heavy (non-hydrogen) atoms. The summed E-state index contributed by atoms with van der Waals surface area (Å²) in [5.74, 6) is -2.94. The maximum absolute atomic E-state index is 10.7. The second kappa shape index (κ2) is 7.67. The zero-order chi connectivity index (χ0) is 20.3. The van der Waals surface area contributed by atoms with Crippen LogP contribution in [0.1, 0.15) is 20.7 Å². The van der Waals surface area contributed by atoms with Crippen LogP contribution in [0.2, 0.25) is 0 Å². The van der Waals surface area contributed by atoms with Crippen molar-refractivity contribution in [3.63, 3.8) is 0 Å². The van der Waals surface area contributed by atoms with Crippen LogP contribution in [0.25, 0.3) is 21.5 Å². The first-order valence-corrected chi connectivity index (χ1v) is 8.11. The molecule has 0 unspecified atom stereocenters. The molecule has 4 aromatic carbocycles. The lowest BCUT2D eigenvalue weighted by atomic mass is 10.1. The van der Waals surface area contributed by atoms with Crippen molar-refractivity contribution in [2.75, 3.05) is 0 Å². The van der Waals surface area contributed by atoms with Gasteiger partial charge in [-0.05, 0) is 33.7 Å². The molecule has 0 saturated carbocycles. The number of benzene rings is 4. The van der Waals surface area contributed by atoms with Gasteiger partial charge in [0.15, 0.2) is 0 Å². The van der Waals surface area contributed by atoms with Gasteiger partial charge in [0.2, 0.25) is 0 Å². The van der Waals surface area contributed by atoms with E-state index in [9.17, 15) is 19.8 Å². The molecule has 0 aliphatic heterocycles. The number of aromatic hydroxyl groups is 2. The van der Waals surface area contributed by atoms with Crippen LogP contribution in [-0.2, 0) is 0 Å². The van der Waals surface area contributed by atoms with Crippen LogP contribution < -0.4 is 0 Å². The zero-order valence-electron chi connectivity index (χ0n) is 14.4.